The fraction of sp³-hybridized carbons (Fsp3) is 0.773. The summed E-state index contributed by atoms with van der Waals surface area (Å²) in [4.78, 5) is 11.1. The Balaban J connectivity index is 3.19. The summed E-state index contributed by atoms with van der Waals surface area (Å²) in [6.07, 6.45) is 27.5. The van der Waals surface area contributed by atoms with Crippen LogP contribution in [0.1, 0.15) is 110 Å². The monoisotopic (exact) mass is 320 g/mol. The molecule has 0 N–H and O–H groups in total. The number of hydrogen-bond donors (Lipinski definition) is 0. The first-order valence-electron chi connectivity index (χ1n) is 10.1. The molecule has 0 aromatic carbocycles. The molecular weight excluding hydrogens is 280 g/mol. The Morgan fingerprint density at radius 2 is 1.17 bits per heavy atom. The Labute approximate surface area is 145 Å². The maximum absolute atomic E-state index is 11.1. The van der Waals surface area contributed by atoms with Crippen LogP contribution >= 0.6 is 0 Å². The first-order valence-corrected chi connectivity index (χ1v) is 10.1. The molecule has 0 atom stereocenters. The van der Waals surface area contributed by atoms with E-state index >= 15 is 0 Å². The highest BCUT2D eigenvalue weighted by atomic mass is 16.1. The van der Waals surface area contributed by atoms with Gasteiger partial charge in [0.2, 0.25) is 0 Å². The molecule has 0 aromatic heterocycles. The molecule has 0 bridgehead atoms. The van der Waals surface area contributed by atoms with Crippen molar-refractivity contribution in [1.29, 1.82) is 0 Å². The predicted molar refractivity (Wildman–Crippen MR) is 104 cm³/mol. The second kappa shape index (κ2) is 19.2. The van der Waals surface area contributed by atoms with Gasteiger partial charge in [-0.3, -0.25) is 4.79 Å². The Hall–Kier alpha value is -0.850. The molecule has 134 valence electrons. The van der Waals surface area contributed by atoms with Gasteiger partial charge in [-0.25, -0.2) is 0 Å². The highest BCUT2D eigenvalue weighted by molar-refractivity contribution is 5.78. The second-order valence-electron chi connectivity index (χ2n) is 6.58. The molecule has 0 amide bonds. The minimum Gasteiger partial charge on any atom is -0.300 e. The average Bonchev–Trinajstić information content (AvgIpc) is 2.57. The number of Topliss-reactive ketones (excluding diaryl/α,β-unsaturated/α-hetero) is 1. The summed E-state index contributed by atoms with van der Waals surface area (Å²) in [6.45, 7) is 4.21. The molecule has 0 unspecified atom stereocenters. The van der Waals surface area contributed by atoms with Crippen LogP contribution < -0.4 is 0 Å². The average molecular weight is 321 g/mol. The highest BCUT2D eigenvalue weighted by Gasteiger charge is 1.94. The Morgan fingerprint density at radius 1 is 0.652 bits per heavy atom. The number of carbonyl (C=O) groups is 1. The topological polar surface area (TPSA) is 17.1 Å². The lowest BCUT2D eigenvalue weighted by atomic mass is 10.1. The smallest absolute Gasteiger partial charge is 0.132 e. The zero-order valence-electron chi connectivity index (χ0n) is 15.8. The van der Waals surface area contributed by atoms with Crippen LogP contribution in [0.3, 0.4) is 0 Å². The van der Waals surface area contributed by atoms with Crippen molar-refractivity contribution in [2.75, 3.05) is 0 Å². The number of unbranched alkanes of at least 4 members (excludes halogenated alkanes) is 10. The van der Waals surface area contributed by atoms with Crippen LogP contribution in [0.5, 0.6) is 0 Å². The van der Waals surface area contributed by atoms with Gasteiger partial charge in [0.1, 0.15) is 5.78 Å². The van der Waals surface area contributed by atoms with Crippen LogP contribution in [-0.4, -0.2) is 5.78 Å². The number of ketones is 1. The number of carbonyl (C=O) groups excluding carboxylic acids is 1. The van der Waals surface area contributed by atoms with Crippen molar-refractivity contribution in [1.82, 2.24) is 0 Å². The van der Waals surface area contributed by atoms with Gasteiger partial charge in [-0.05, 0) is 25.7 Å². The van der Waals surface area contributed by atoms with Crippen LogP contribution in [-0.2, 0) is 4.79 Å². The van der Waals surface area contributed by atoms with E-state index in [1.165, 1.54) is 70.6 Å². The Morgan fingerprint density at radius 3 is 1.74 bits per heavy atom. The largest absolute Gasteiger partial charge is 0.300 e. The lowest BCUT2D eigenvalue weighted by Gasteiger charge is -2.01. The molecule has 0 rings (SSSR count). The Bertz CT molecular complexity index is 301. The van der Waals surface area contributed by atoms with Gasteiger partial charge in [0.05, 0.1) is 0 Å². The number of hydrogen-bond acceptors (Lipinski definition) is 1. The lowest BCUT2D eigenvalue weighted by Crippen LogP contribution is -1.92. The van der Waals surface area contributed by atoms with Crippen molar-refractivity contribution < 1.29 is 4.79 Å². The molecule has 0 spiro atoms. The summed E-state index contributed by atoms with van der Waals surface area (Å²) < 4.78 is 0. The van der Waals surface area contributed by atoms with E-state index in [1.54, 1.807) is 0 Å². The summed E-state index contributed by atoms with van der Waals surface area (Å²) in [5.74, 6) is 0.367. The maximum Gasteiger partial charge on any atom is 0.132 e. The van der Waals surface area contributed by atoms with Crippen LogP contribution in [0.15, 0.2) is 24.3 Å². The van der Waals surface area contributed by atoms with Gasteiger partial charge in [0, 0.05) is 12.8 Å². The molecule has 0 aliphatic carbocycles. The standard InChI is InChI=1S/C22H40O/c1-3-5-6-7-8-9-10-11-12-13-14-15-16-17-18-19-20-21-22(23)4-2/h15-16,18-19H,3-14,17,20-21H2,1-2H3. The first-order chi connectivity index (χ1) is 11.3. The summed E-state index contributed by atoms with van der Waals surface area (Å²) in [5, 5.41) is 0. The summed E-state index contributed by atoms with van der Waals surface area (Å²) >= 11 is 0. The minimum absolute atomic E-state index is 0.367. The maximum atomic E-state index is 11.1. The van der Waals surface area contributed by atoms with Crippen LogP contribution in [0.4, 0.5) is 0 Å². The third-order valence-electron chi connectivity index (χ3n) is 4.31. The third-order valence-corrected chi connectivity index (χ3v) is 4.31. The number of rotatable bonds is 17. The van der Waals surface area contributed by atoms with Gasteiger partial charge >= 0.3 is 0 Å². The van der Waals surface area contributed by atoms with Crippen molar-refractivity contribution in [3.8, 4) is 0 Å². The molecule has 0 aromatic rings. The van der Waals surface area contributed by atoms with Gasteiger partial charge < -0.3 is 0 Å². The Kier molecular flexibility index (Phi) is 18.5. The van der Waals surface area contributed by atoms with E-state index in [0.29, 0.717) is 18.6 Å². The number of allylic oxidation sites excluding steroid dienone is 4. The summed E-state index contributed by atoms with van der Waals surface area (Å²) in [5.41, 5.74) is 0. The summed E-state index contributed by atoms with van der Waals surface area (Å²) in [6, 6.07) is 0. The molecule has 1 heteroatoms. The minimum atomic E-state index is 0.367. The molecule has 1 nitrogen and oxygen atoms in total. The highest BCUT2D eigenvalue weighted by Crippen LogP contribution is 2.11. The van der Waals surface area contributed by atoms with Gasteiger partial charge in [0.15, 0.2) is 0 Å². The third kappa shape index (κ3) is 19.1. The van der Waals surface area contributed by atoms with E-state index in [1.807, 2.05) is 6.92 Å². The van der Waals surface area contributed by atoms with Crippen LogP contribution in [0.2, 0.25) is 0 Å². The van der Waals surface area contributed by atoms with E-state index < -0.39 is 0 Å². The van der Waals surface area contributed by atoms with Crippen molar-refractivity contribution >= 4 is 5.78 Å². The normalized spacial score (nSPS) is 11.7. The van der Waals surface area contributed by atoms with Crippen molar-refractivity contribution in [2.24, 2.45) is 0 Å². The van der Waals surface area contributed by atoms with Crippen molar-refractivity contribution in [3.05, 3.63) is 24.3 Å². The molecule has 0 saturated carbocycles. The second-order valence-corrected chi connectivity index (χ2v) is 6.58. The van der Waals surface area contributed by atoms with Crippen molar-refractivity contribution in [3.63, 3.8) is 0 Å². The van der Waals surface area contributed by atoms with Crippen LogP contribution in [0, 0.1) is 0 Å². The van der Waals surface area contributed by atoms with Gasteiger partial charge in [0.25, 0.3) is 0 Å². The van der Waals surface area contributed by atoms with Gasteiger partial charge in [-0.15, -0.1) is 0 Å². The zero-order valence-corrected chi connectivity index (χ0v) is 15.8. The van der Waals surface area contributed by atoms with Gasteiger partial charge in [-0.1, -0.05) is 95.9 Å². The van der Waals surface area contributed by atoms with Gasteiger partial charge in [-0.2, -0.15) is 0 Å². The molecule has 23 heavy (non-hydrogen) atoms. The molecule has 0 radical (unpaired) electrons. The molecule has 0 aliphatic heterocycles. The molecule has 0 saturated heterocycles. The molecule has 0 heterocycles. The van der Waals surface area contributed by atoms with E-state index in [0.717, 1.165) is 12.8 Å². The molecule has 0 fully saturated rings. The van der Waals surface area contributed by atoms with Crippen molar-refractivity contribution in [2.45, 2.75) is 110 Å². The predicted octanol–water partition coefficient (Wildman–Crippen LogP) is 7.56. The fourth-order valence-electron chi connectivity index (χ4n) is 2.68. The van der Waals surface area contributed by atoms with E-state index in [9.17, 15) is 4.79 Å². The zero-order chi connectivity index (χ0) is 17.0. The summed E-state index contributed by atoms with van der Waals surface area (Å²) in [7, 11) is 0. The van der Waals surface area contributed by atoms with Crippen LogP contribution in [0.25, 0.3) is 0 Å². The first kappa shape index (κ1) is 22.1. The quantitative estimate of drug-likeness (QED) is 0.199. The fourth-order valence-corrected chi connectivity index (χ4v) is 2.68. The van der Waals surface area contributed by atoms with E-state index in [-0.39, 0.29) is 0 Å². The lowest BCUT2D eigenvalue weighted by molar-refractivity contribution is -0.118. The molecular formula is C22H40O. The van der Waals surface area contributed by atoms with E-state index in [4.69, 9.17) is 0 Å². The van der Waals surface area contributed by atoms with E-state index in [2.05, 4.69) is 31.2 Å². The molecule has 0 aliphatic rings. The SMILES string of the molecule is CCCCCCCCCCCCC=CCC=CCCC(=O)CC.